The lowest BCUT2D eigenvalue weighted by Gasteiger charge is -2.13. The molecule has 142 heavy (non-hydrogen) atoms. The van der Waals surface area contributed by atoms with Crippen molar-refractivity contribution in [2.45, 2.75) is 0 Å². The molecule has 0 radical (unpaired) electrons. The summed E-state index contributed by atoms with van der Waals surface area (Å²) in [5, 5.41) is 9.90. The smallest absolute Gasteiger partial charge is 0.0547 e. The molecule has 0 aliphatic carbocycles. The first-order valence-corrected chi connectivity index (χ1v) is 48.9. The Morgan fingerprint density at radius 2 is 0.254 bits per heavy atom. The van der Waals surface area contributed by atoms with Gasteiger partial charge in [-0.2, -0.15) is 0 Å². The Balaban J connectivity index is 0.000000146. The summed E-state index contributed by atoms with van der Waals surface area (Å²) < 4.78 is 9.70. The van der Waals surface area contributed by atoms with E-state index in [2.05, 4.69) is 576 Å². The maximum absolute atomic E-state index is 2.44. The average molecular weight is 1810 g/mol. The van der Waals surface area contributed by atoms with Crippen LogP contribution in [-0.2, 0) is 0 Å². The standard InChI is InChI=1S/C72H48N2.C66H44N2/c1-5-17-49(18-6-1)57-41-58(50-19-7-2-8-20-50)44-61(43-57)53-29-35-63(36-30-53)73-69-27-15-13-25-65(69)67-47-55(33-39-71(67)73)56-34-40-72-68(48-56)66-26-14-16-28-70(66)74(72)64-37-31-54(32-38-64)62-45-59(51-21-9-3-10-22-51)42-60(46-62)52-23-11-4-12-24-52;1-4-16-45(17-5-1)49-22-14-23-50(38-49)51-24-15-25-58(42-51)68-64-29-13-11-27-60(64)62-37-33-53(44-66(62)68)52-32-36-61-59-26-10-12-28-63(59)67(65(61)43-52)57-34-30-48(31-35-57)56-40-54(46-18-6-2-7-19-46)39-55(41-56)47-20-8-3-9-21-47/h1-48H;1-44H. The van der Waals surface area contributed by atoms with Crippen LogP contribution in [-0.4, -0.2) is 18.3 Å². The minimum Gasteiger partial charge on any atom is -0.309 e. The van der Waals surface area contributed by atoms with Gasteiger partial charge in [0.2, 0.25) is 0 Å². The molecule has 0 bridgehead atoms. The summed E-state index contributed by atoms with van der Waals surface area (Å²) in [5.41, 5.74) is 45.2. The van der Waals surface area contributed by atoms with Gasteiger partial charge in [-0.1, -0.05) is 388 Å². The Bertz CT molecular complexity index is 8990. The van der Waals surface area contributed by atoms with Gasteiger partial charge in [0.1, 0.15) is 0 Å². The average Bonchev–Trinajstić information content (AvgIpc) is 1.59. The van der Waals surface area contributed by atoms with Crippen LogP contribution in [0.5, 0.6) is 0 Å². The van der Waals surface area contributed by atoms with E-state index in [1.54, 1.807) is 0 Å². The van der Waals surface area contributed by atoms with Crippen molar-refractivity contribution in [3.63, 3.8) is 0 Å². The first-order valence-electron chi connectivity index (χ1n) is 48.9. The predicted octanol–water partition coefficient (Wildman–Crippen LogP) is 37.4. The van der Waals surface area contributed by atoms with Crippen molar-refractivity contribution in [1.82, 2.24) is 18.3 Å². The molecule has 0 aliphatic rings. The molecule has 4 heteroatoms. The van der Waals surface area contributed by atoms with E-state index < -0.39 is 0 Å². The molecule has 23 aromatic carbocycles. The second kappa shape index (κ2) is 36.1. The monoisotopic (exact) mass is 1800 g/mol. The summed E-state index contributed by atoms with van der Waals surface area (Å²) in [6, 6.07) is 204. The van der Waals surface area contributed by atoms with Gasteiger partial charge in [-0.15, -0.1) is 0 Å². The number of nitrogens with zero attached hydrogens (tertiary/aromatic N) is 4. The lowest BCUT2D eigenvalue weighted by Crippen LogP contribution is -1.95. The van der Waals surface area contributed by atoms with Crippen molar-refractivity contribution in [2.75, 3.05) is 0 Å². The quantitative estimate of drug-likeness (QED) is 0.0866. The fraction of sp³-hybridized carbons (Fsp3) is 0. The summed E-state index contributed by atoms with van der Waals surface area (Å²) >= 11 is 0. The van der Waals surface area contributed by atoms with Gasteiger partial charge in [-0.05, 0) is 315 Å². The highest BCUT2D eigenvalue weighted by molar-refractivity contribution is 6.15. The molecule has 0 atom stereocenters. The third-order valence-corrected chi connectivity index (χ3v) is 28.6. The van der Waals surface area contributed by atoms with Crippen LogP contribution in [0.1, 0.15) is 0 Å². The summed E-state index contributed by atoms with van der Waals surface area (Å²) in [7, 11) is 0. The zero-order chi connectivity index (χ0) is 93.9. The normalized spacial score (nSPS) is 11.5. The van der Waals surface area contributed by atoms with E-state index in [1.165, 1.54) is 232 Å². The molecular formula is C138H92N4. The van der Waals surface area contributed by atoms with Gasteiger partial charge in [-0.25, -0.2) is 0 Å². The number of hydrogen-bond donors (Lipinski definition) is 0. The maximum Gasteiger partial charge on any atom is 0.0547 e. The van der Waals surface area contributed by atoms with Crippen molar-refractivity contribution >= 4 is 87.2 Å². The zero-order valence-electron chi connectivity index (χ0n) is 77.9. The Kier molecular flexibility index (Phi) is 21.3. The SMILES string of the molecule is c1ccc(-c2cc(-c3ccccc3)cc(-c3ccc(-n4c5ccccc5c5cc(-c6ccc7c(c6)c6ccccc6n7-c6ccc(-c7cc(-c8ccccc8)cc(-c8ccccc8)c7)cc6)ccc54)cc3)c2)cc1.c1ccc(-c2cccc(-c3cccc(-n4c5ccccc5c5ccc(-c6ccc7c8ccccc8n(-c8ccc(-c9cc(-c%10ccccc%10)cc(-c%10ccccc%10)c9)cc8)c7c6)cc54)c3)c2)cc1. The van der Waals surface area contributed by atoms with Gasteiger partial charge in [0.15, 0.2) is 0 Å². The van der Waals surface area contributed by atoms with Gasteiger partial charge in [0.05, 0.1) is 44.1 Å². The van der Waals surface area contributed by atoms with Crippen LogP contribution in [0.15, 0.2) is 558 Å². The molecule has 4 nitrogen and oxygen atoms in total. The minimum absolute atomic E-state index is 1.13. The molecule has 0 unspecified atom stereocenters. The molecule has 0 N–H and O–H groups in total. The van der Waals surface area contributed by atoms with Gasteiger partial charge < -0.3 is 18.3 Å². The Morgan fingerprint density at radius 3 is 0.556 bits per heavy atom. The van der Waals surface area contributed by atoms with Crippen molar-refractivity contribution in [2.24, 2.45) is 0 Å². The molecule has 664 valence electrons. The topological polar surface area (TPSA) is 19.7 Å². The summed E-state index contributed by atoms with van der Waals surface area (Å²) in [6.45, 7) is 0. The molecular weight excluding hydrogens is 1710 g/mol. The van der Waals surface area contributed by atoms with Crippen LogP contribution < -0.4 is 0 Å². The van der Waals surface area contributed by atoms with Crippen LogP contribution in [0.25, 0.3) is 255 Å². The second-order valence-corrected chi connectivity index (χ2v) is 37.1. The number of para-hydroxylation sites is 4. The van der Waals surface area contributed by atoms with E-state index in [0.717, 1.165) is 22.7 Å². The molecule has 0 saturated carbocycles. The molecule has 4 heterocycles. The third-order valence-electron chi connectivity index (χ3n) is 28.6. The molecule has 0 amide bonds. The second-order valence-electron chi connectivity index (χ2n) is 37.1. The summed E-state index contributed by atoms with van der Waals surface area (Å²) in [6.07, 6.45) is 0. The molecule has 0 fully saturated rings. The fourth-order valence-corrected chi connectivity index (χ4v) is 21.6. The number of fused-ring (bicyclic) bond motifs is 12. The van der Waals surface area contributed by atoms with Crippen LogP contribution in [0.2, 0.25) is 0 Å². The zero-order valence-corrected chi connectivity index (χ0v) is 77.9. The maximum atomic E-state index is 2.44. The van der Waals surface area contributed by atoms with Gasteiger partial charge in [0, 0.05) is 65.8 Å². The highest BCUT2D eigenvalue weighted by Gasteiger charge is 2.23. The number of benzene rings is 23. The van der Waals surface area contributed by atoms with E-state index in [4.69, 9.17) is 0 Å². The minimum atomic E-state index is 1.13. The van der Waals surface area contributed by atoms with Crippen LogP contribution in [0.3, 0.4) is 0 Å². The third kappa shape index (κ3) is 15.6. The largest absolute Gasteiger partial charge is 0.309 e. The van der Waals surface area contributed by atoms with E-state index in [1.807, 2.05) is 0 Å². The molecule has 27 rings (SSSR count). The van der Waals surface area contributed by atoms with E-state index >= 15 is 0 Å². The van der Waals surface area contributed by atoms with E-state index in [0.29, 0.717) is 0 Å². The molecule has 0 aliphatic heterocycles. The first kappa shape index (κ1) is 83.8. The van der Waals surface area contributed by atoms with Crippen LogP contribution >= 0.6 is 0 Å². The van der Waals surface area contributed by atoms with E-state index in [9.17, 15) is 0 Å². The van der Waals surface area contributed by atoms with Gasteiger partial charge in [0.25, 0.3) is 0 Å². The Labute approximate surface area is 825 Å². The van der Waals surface area contributed by atoms with Gasteiger partial charge >= 0.3 is 0 Å². The van der Waals surface area contributed by atoms with Crippen molar-refractivity contribution in [1.29, 1.82) is 0 Å². The van der Waals surface area contributed by atoms with Crippen LogP contribution in [0.4, 0.5) is 0 Å². The molecule has 27 aromatic rings. The Morgan fingerprint density at radius 1 is 0.0775 bits per heavy atom. The lowest BCUT2D eigenvalue weighted by atomic mass is 9.93. The lowest BCUT2D eigenvalue weighted by molar-refractivity contribution is 1.18. The highest BCUT2D eigenvalue weighted by Crippen LogP contribution is 2.46. The Hall–Kier alpha value is -18.7. The van der Waals surface area contributed by atoms with Crippen molar-refractivity contribution < 1.29 is 0 Å². The number of hydrogen-bond acceptors (Lipinski definition) is 0. The van der Waals surface area contributed by atoms with Gasteiger partial charge in [-0.3, -0.25) is 0 Å². The predicted molar refractivity (Wildman–Crippen MR) is 601 cm³/mol. The molecule has 0 spiro atoms. The van der Waals surface area contributed by atoms with E-state index in [-0.39, 0.29) is 0 Å². The first-order chi connectivity index (χ1) is 70.4. The molecule has 0 saturated heterocycles. The number of rotatable bonds is 17. The summed E-state index contributed by atoms with van der Waals surface area (Å²) in [5.74, 6) is 0. The van der Waals surface area contributed by atoms with Crippen LogP contribution in [0, 0.1) is 0 Å². The number of aromatic nitrogens is 4. The fourth-order valence-electron chi connectivity index (χ4n) is 21.6. The molecule has 4 aromatic heterocycles. The highest BCUT2D eigenvalue weighted by atomic mass is 15.0. The van der Waals surface area contributed by atoms with Crippen molar-refractivity contribution in [3.8, 4) is 167 Å². The summed E-state index contributed by atoms with van der Waals surface area (Å²) in [4.78, 5) is 0. The van der Waals surface area contributed by atoms with Crippen molar-refractivity contribution in [3.05, 3.63) is 558 Å².